The highest BCUT2D eigenvalue weighted by Gasteiger charge is 2.14. The van der Waals surface area contributed by atoms with Gasteiger partial charge >= 0.3 is 6.61 Å². The van der Waals surface area contributed by atoms with Crippen molar-refractivity contribution in [3.05, 3.63) is 64.4 Å². The van der Waals surface area contributed by atoms with E-state index in [-0.39, 0.29) is 18.2 Å². The number of hydrogen-bond donors (Lipinski definition) is 1. The van der Waals surface area contributed by atoms with Crippen LogP contribution in [0.2, 0.25) is 10.0 Å². The fourth-order valence-corrected chi connectivity index (χ4v) is 4.00. The van der Waals surface area contributed by atoms with E-state index in [0.29, 0.717) is 31.1 Å². The Morgan fingerprint density at radius 1 is 1.19 bits per heavy atom. The third kappa shape index (κ3) is 5.04. The van der Waals surface area contributed by atoms with Gasteiger partial charge < -0.3 is 9.47 Å². The van der Waals surface area contributed by atoms with Crippen molar-refractivity contribution in [1.82, 2.24) is 14.8 Å². The Morgan fingerprint density at radius 2 is 1.97 bits per heavy atom. The van der Waals surface area contributed by atoms with Crippen molar-refractivity contribution >= 4 is 55.8 Å². The third-order valence-corrected chi connectivity index (χ3v) is 5.47. The van der Waals surface area contributed by atoms with Crippen molar-refractivity contribution in [3.8, 4) is 11.5 Å². The SMILES string of the molecule is O=C(Nc1nc2ccc(OC(F)F)cc2s1)c1ccn(COc2c(Cl)cccc2Cl)n1. The number of para-hydroxylation sites is 1. The number of hydrogen-bond acceptors (Lipinski definition) is 6. The summed E-state index contributed by atoms with van der Waals surface area (Å²) in [5.41, 5.74) is 0.673. The van der Waals surface area contributed by atoms with Gasteiger partial charge in [0.2, 0.25) is 0 Å². The van der Waals surface area contributed by atoms with Crippen molar-refractivity contribution in [2.75, 3.05) is 5.32 Å². The molecular weight excluding hydrogens is 473 g/mol. The Kier molecular flexibility index (Phi) is 6.21. The van der Waals surface area contributed by atoms with Crippen LogP contribution in [0.25, 0.3) is 10.2 Å². The highest BCUT2D eigenvalue weighted by molar-refractivity contribution is 7.22. The lowest BCUT2D eigenvalue weighted by atomic mass is 10.3. The molecule has 12 heteroatoms. The highest BCUT2D eigenvalue weighted by Crippen LogP contribution is 2.32. The fourth-order valence-electron chi connectivity index (χ4n) is 2.60. The van der Waals surface area contributed by atoms with E-state index in [1.807, 2.05) is 0 Å². The minimum absolute atomic E-state index is 0.00914. The van der Waals surface area contributed by atoms with Crippen molar-refractivity contribution in [2.24, 2.45) is 0 Å². The zero-order valence-corrected chi connectivity index (χ0v) is 17.7. The van der Waals surface area contributed by atoms with Crippen LogP contribution in [0.4, 0.5) is 13.9 Å². The fraction of sp³-hybridized carbons (Fsp3) is 0.105. The van der Waals surface area contributed by atoms with Gasteiger partial charge in [0.05, 0.1) is 20.3 Å². The number of carbonyl (C=O) groups excluding carboxylic acids is 1. The monoisotopic (exact) mass is 484 g/mol. The van der Waals surface area contributed by atoms with Gasteiger partial charge in [-0.1, -0.05) is 40.6 Å². The average Bonchev–Trinajstić information content (AvgIpc) is 3.33. The number of fused-ring (bicyclic) bond motifs is 1. The molecule has 0 aliphatic carbocycles. The lowest BCUT2D eigenvalue weighted by Crippen LogP contribution is -2.14. The second-order valence-electron chi connectivity index (χ2n) is 6.05. The Labute approximate surface area is 188 Å². The van der Waals surface area contributed by atoms with E-state index in [2.05, 4.69) is 20.1 Å². The number of thiazole rings is 1. The van der Waals surface area contributed by atoms with Crippen LogP contribution in [0.1, 0.15) is 10.5 Å². The predicted molar refractivity (Wildman–Crippen MR) is 114 cm³/mol. The molecule has 0 bridgehead atoms. The molecule has 0 spiro atoms. The van der Waals surface area contributed by atoms with Gasteiger partial charge in [0.25, 0.3) is 5.91 Å². The molecule has 2 aromatic heterocycles. The summed E-state index contributed by atoms with van der Waals surface area (Å²) >= 11 is 13.2. The largest absolute Gasteiger partial charge is 0.468 e. The molecule has 2 aromatic carbocycles. The Balaban J connectivity index is 1.42. The molecular formula is C19H12Cl2F2N4O3S. The van der Waals surface area contributed by atoms with Gasteiger partial charge in [-0.25, -0.2) is 9.67 Å². The average molecular weight is 485 g/mol. The van der Waals surface area contributed by atoms with E-state index >= 15 is 0 Å². The molecule has 1 N–H and O–H groups in total. The summed E-state index contributed by atoms with van der Waals surface area (Å²) in [7, 11) is 0. The Morgan fingerprint density at radius 3 is 2.71 bits per heavy atom. The number of amides is 1. The molecule has 160 valence electrons. The van der Waals surface area contributed by atoms with Crippen molar-refractivity contribution in [1.29, 1.82) is 0 Å². The van der Waals surface area contributed by atoms with Gasteiger partial charge in [-0.15, -0.1) is 0 Å². The number of benzene rings is 2. The van der Waals surface area contributed by atoms with Crippen LogP contribution in [-0.2, 0) is 6.73 Å². The van der Waals surface area contributed by atoms with Crippen LogP contribution in [0.5, 0.6) is 11.5 Å². The van der Waals surface area contributed by atoms with Crippen LogP contribution in [-0.4, -0.2) is 27.3 Å². The maximum atomic E-state index is 12.5. The molecule has 0 fully saturated rings. The zero-order valence-electron chi connectivity index (χ0n) is 15.4. The van der Waals surface area contributed by atoms with Gasteiger partial charge in [-0.05, 0) is 36.4 Å². The van der Waals surface area contributed by atoms with Gasteiger partial charge in [-0.2, -0.15) is 13.9 Å². The summed E-state index contributed by atoms with van der Waals surface area (Å²) in [5.74, 6) is -0.156. The van der Waals surface area contributed by atoms with E-state index in [9.17, 15) is 13.6 Å². The topological polar surface area (TPSA) is 78.3 Å². The molecule has 7 nitrogen and oxygen atoms in total. The molecule has 0 atom stereocenters. The minimum atomic E-state index is -2.92. The number of alkyl halides is 2. The lowest BCUT2D eigenvalue weighted by molar-refractivity contribution is -0.0497. The number of ether oxygens (including phenoxy) is 2. The van der Waals surface area contributed by atoms with E-state index in [1.165, 1.54) is 28.9 Å². The third-order valence-electron chi connectivity index (χ3n) is 3.94. The van der Waals surface area contributed by atoms with Crippen LogP contribution in [0.3, 0.4) is 0 Å². The number of nitrogens with one attached hydrogen (secondary N) is 1. The van der Waals surface area contributed by atoms with Gasteiger partial charge in [0.1, 0.15) is 5.75 Å². The lowest BCUT2D eigenvalue weighted by Gasteiger charge is -2.09. The molecule has 0 unspecified atom stereocenters. The molecule has 31 heavy (non-hydrogen) atoms. The number of carbonyl (C=O) groups is 1. The summed E-state index contributed by atoms with van der Waals surface area (Å²) in [4.78, 5) is 16.7. The maximum Gasteiger partial charge on any atom is 0.387 e. The zero-order chi connectivity index (χ0) is 22.0. The van der Waals surface area contributed by atoms with E-state index in [0.717, 1.165) is 11.3 Å². The standard InChI is InChI=1S/C19H12Cl2F2N4O3S/c20-11-2-1-3-12(21)16(11)29-9-27-7-6-14(26-27)17(28)25-19-24-13-5-4-10(30-18(22)23)8-15(13)31-19/h1-8,18H,9H2,(H,24,25,28). The van der Waals surface area contributed by atoms with Crippen LogP contribution >= 0.6 is 34.5 Å². The van der Waals surface area contributed by atoms with Crippen LogP contribution in [0.15, 0.2) is 48.7 Å². The van der Waals surface area contributed by atoms with Crippen molar-refractivity contribution in [2.45, 2.75) is 13.3 Å². The molecule has 0 radical (unpaired) electrons. The molecule has 4 aromatic rings. The van der Waals surface area contributed by atoms with Crippen molar-refractivity contribution in [3.63, 3.8) is 0 Å². The summed E-state index contributed by atoms with van der Waals surface area (Å²) in [6.07, 6.45) is 1.56. The van der Waals surface area contributed by atoms with E-state index < -0.39 is 12.5 Å². The van der Waals surface area contributed by atoms with E-state index in [4.69, 9.17) is 27.9 Å². The molecule has 0 saturated carbocycles. The number of nitrogens with zero attached hydrogens (tertiary/aromatic N) is 3. The molecule has 0 aliphatic rings. The molecule has 4 rings (SSSR count). The van der Waals surface area contributed by atoms with Gasteiger partial charge in [0.15, 0.2) is 23.3 Å². The number of rotatable bonds is 7. The Bertz CT molecular complexity index is 1230. The second-order valence-corrected chi connectivity index (χ2v) is 7.89. The first kappa shape index (κ1) is 21.3. The number of anilines is 1. The normalized spacial score (nSPS) is 11.1. The molecule has 2 heterocycles. The minimum Gasteiger partial charge on any atom is -0.468 e. The summed E-state index contributed by atoms with van der Waals surface area (Å²) in [6, 6.07) is 10.8. The number of aromatic nitrogens is 3. The second kappa shape index (κ2) is 9.04. The smallest absolute Gasteiger partial charge is 0.387 e. The Hall–Kier alpha value is -2.95. The molecule has 0 aliphatic heterocycles. The highest BCUT2D eigenvalue weighted by atomic mass is 35.5. The summed E-state index contributed by atoms with van der Waals surface area (Å²) < 4.78 is 36.6. The van der Waals surface area contributed by atoms with Crippen molar-refractivity contribution < 1.29 is 23.0 Å². The van der Waals surface area contributed by atoms with Crippen LogP contribution in [0, 0.1) is 0 Å². The summed E-state index contributed by atoms with van der Waals surface area (Å²) in [6.45, 7) is -2.93. The molecule has 1 amide bonds. The first-order valence-electron chi connectivity index (χ1n) is 8.66. The quantitative estimate of drug-likeness (QED) is 0.364. The first-order chi connectivity index (χ1) is 14.9. The summed E-state index contributed by atoms with van der Waals surface area (Å²) in [5, 5.41) is 7.79. The molecule has 0 saturated heterocycles. The van der Waals surface area contributed by atoms with Gasteiger partial charge in [0, 0.05) is 6.20 Å². The predicted octanol–water partition coefficient (Wildman–Crippen LogP) is 5.69. The first-order valence-corrected chi connectivity index (χ1v) is 10.2. The van der Waals surface area contributed by atoms with E-state index in [1.54, 1.807) is 24.4 Å². The van der Waals surface area contributed by atoms with Gasteiger partial charge in [-0.3, -0.25) is 10.1 Å². The number of halogens is 4. The maximum absolute atomic E-state index is 12.5. The van der Waals surface area contributed by atoms with Crippen LogP contribution < -0.4 is 14.8 Å².